The number of amidine groups is 1. The van der Waals surface area contributed by atoms with E-state index in [4.69, 9.17) is 23.2 Å². The fourth-order valence-electron chi connectivity index (χ4n) is 1.48. The lowest BCUT2D eigenvalue weighted by Gasteiger charge is -2.05. The zero-order valence-corrected chi connectivity index (χ0v) is 15.5. The van der Waals surface area contributed by atoms with Crippen LogP contribution < -0.4 is 5.32 Å². The lowest BCUT2D eigenvalue weighted by molar-refractivity contribution is 1.46. The minimum atomic E-state index is 0.417. The quantitative estimate of drug-likeness (QED) is 0.426. The number of rotatable bonds is 2. The lowest BCUT2D eigenvalue weighted by Crippen LogP contribution is -2.06. The highest BCUT2D eigenvalue weighted by Gasteiger charge is 1.96. The summed E-state index contributed by atoms with van der Waals surface area (Å²) in [6.07, 6.45) is 0. The number of aliphatic imine (C=N–C) groups is 1. The number of hydrogen-bond donors (Lipinski definition) is 1. The van der Waals surface area contributed by atoms with Gasteiger partial charge in [0.15, 0.2) is 0 Å². The van der Waals surface area contributed by atoms with Crippen LogP contribution in [0.1, 0.15) is 6.92 Å². The van der Waals surface area contributed by atoms with Crippen molar-refractivity contribution in [1.82, 2.24) is 0 Å². The molecule has 21 heavy (non-hydrogen) atoms. The summed E-state index contributed by atoms with van der Waals surface area (Å²) in [5.41, 5.74) is 1.81. The second-order valence-electron chi connectivity index (χ2n) is 4.51. The molecule has 0 unspecified atom stereocenters. The van der Waals surface area contributed by atoms with Crippen molar-refractivity contribution < 1.29 is 0 Å². The van der Waals surface area contributed by atoms with E-state index in [9.17, 15) is 0 Å². The van der Waals surface area contributed by atoms with Crippen molar-refractivity contribution >= 4 is 55.6 Å². The highest BCUT2D eigenvalue weighted by atomic mass is 35.5. The third-order valence-corrected chi connectivity index (χ3v) is 2.80. The van der Waals surface area contributed by atoms with Gasteiger partial charge in [0, 0.05) is 15.7 Å². The van der Waals surface area contributed by atoms with Crippen molar-refractivity contribution in [1.29, 1.82) is 0 Å². The number of benzene rings is 2. The molecule has 2 rings (SSSR count). The second kappa shape index (κ2) is 9.87. The summed E-state index contributed by atoms with van der Waals surface area (Å²) < 4.78 is 0. The Balaban J connectivity index is 0.000000677. The molecule has 0 fully saturated rings. The van der Waals surface area contributed by atoms with Crippen LogP contribution in [-0.2, 0) is 0 Å². The van der Waals surface area contributed by atoms with Gasteiger partial charge < -0.3 is 5.32 Å². The van der Waals surface area contributed by atoms with Gasteiger partial charge in [-0.3, -0.25) is 0 Å². The smallest absolute Gasteiger partial charge is 0.229 e. The topological polar surface area (TPSA) is 24.4 Å². The third-order valence-electron chi connectivity index (χ3n) is 2.29. The van der Waals surface area contributed by atoms with E-state index in [-0.39, 0.29) is 0 Å². The van der Waals surface area contributed by atoms with Crippen LogP contribution in [0.25, 0.3) is 0 Å². The van der Waals surface area contributed by atoms with Gasteiger partial charge in [0.25, 0.3) is 0 Å². The molecule has 0 aliphatic heterocycles. The Morgan fingerprint density at radius 3 is 1.81 bits per heavy atom. The number of hydrogen-bond acceptors (Lipinski definition) is 1. The molecule has 5 heteroatoms. The molecule has 0 saturated carbocycles. The molecule has 1 N–H and O–H groups in total. The summed E-state index contributed by atoms with van der Waals surface area (Å²) >= 11 is 12.1. The van der Waals surface area contributed by atoms with Crippen molar-refractivity contribution in [3.8, 4) is 0 Å². The molecular formula is C16H19AlCl2N2. The monoisotopic (exact) mass is 336 g/mol. The highest BCUT2D eigenvalue weighted by Crippen LogP contribution is 2.17. The highest BCUT2D eigenvalue weighted by molar-refractivity contribution is 6.31. The van der Waals surface area contributed by atoms with E-state index in [1.165, 1.54) is 0 Å². The van der Waals surface area contributed by atoms with Gasteiger partial charge in [-0.1, -0.05) is 23.2 Å². The lowest BCUT2D eigenvalue weighted by atomic mass is 10.3. The molecule has 0 aliphatic rings. The Morgan fingerprint density at radius 1 is 0.905 bits per heavy atom. The molecule has 0 bridgehead atoms. The summed E-state index contributed by atoms with van der Waals surface area (Å²) in [7, 11) is 0. The Labute approximate surface area is 142 Å². The molecule has 0 heterocycles. The summed E-state index contributed by atoms with van der Waals surface area (Å²) in [6, 6.07) is 14.8. The summed E-state index contributed by atoms with van der Waals surface area (Å²) in [5, 5.41) is 4.61. The normalized spacial score (nSPS) is 10.4. The predicted octanol–water partition coefficient (Wildman–Crippen LogP) is 5.67. The first-order valence-corrected chi connectivity index (χ1v) is 10.5. The van der Waals surface area contributed by atoms with Crippen LogP contribution >= 0.6 is 23.2 Å². The standard InChI is InChI=1S/C14H12Cl2N2.2CH3.Al.H/c1-10(17-13-6-2-11(15)3-7-13)18-14-8-4-12(16)5-9-14;;;;/h2-9H,1H3,(H,17,18);2*1H3;;. The van der Waals surface area contributed by atoms with Crippen LogP contribution in [0, 0.1) is 0 Å². The molecule has 0 atom stereocenters. The SMILES string of the molecule is C/C(=N\c1ccc(Cl)cc1)Nc1ccc(Cl)cc1.[CH3][AlH][CH3]. The van der Waals surface area contributed by atoms with Gasteiger partial charge in [-0.15, -0.1) is 11.6 Å². The molecule has 0 saturated heterocycles. The maximum atomic E-state index is 5.82. The van der Waals surface area contributed by atoms with Crippen LogP contribution in [0.3, 0.4) is 0 Å². The van der Waals surface area contributed by atoms with E-state index in [0.29, 0.717) is 25.3 Å². The molecule has 2 aromatic rings. The predicted molar refractivity (Wildman–Crippen MR) is 98.2 cm³/mol. The minimum Gasteiger partial charge on any atom is -0.344 e. The average Bonchev–Trinajstić information content (AvgIpc) is 2.45. The van der Waals surface area contributed by atoms with Gasteiger partial charge in [-0.05, 0) is 55.5 Å². The first-order valence-electron chi connectivity index (χ1n) is 6.88. The zero-order chi connectivity index (χ0) is 15.7. The van der Waals surface area contributed by atoms with Crippen LogP contribution in [0.2, 0.25) is 21.6 Å². The van der Waals surface area contributed by atoms with Gasteiger partial charge in [0.2, 0.25) is 15.2 Å². The van der Waals surface area contributed by atoms with Crippen LogP contribution in [-0.4, -0.2) is 21.1 Å². The van der Waals surface area contributed by atoms with Crippen molar-refractivity contribution in [2.24, 2.45) is 4.99 Å². The molecule has 0 aromatic heterocycles. The number of anilines is 1. The van der Waals surface area contributed by atoms with Gasteiger partial charge in [0.1, 0.15) is 5.84 Å². The molecular weight excluding hydrogens is 318 g/mol. The zero-order valence-electron chi connectivity index (χ0n) is 12.5. The fraction of sp³-hybridized carbons (Fsp3) is 0.188. The summed E-state index contributed by atoms with van der Waals surface area (Å²) in [6.45, 7) is 1.91. The fourth-order valence-corrected chi connectivity index (χ4v) is 1.73. The van der Waals surface area contributed by atoms with Crippen molar-refractivity contribution in [3.05, 3.63) is 58.6 Å². The summed E-state index contributed by atoms with van der Waals surface area (Å²) in [5.74, 6) is 5.33. The number of nitrogens with zero attached hydrogens (tertiary/aromatic N) is 1. The Hall–Kier alpha value is -0.978. The second-order valence-corrected chi connectivity index (χ2v) is 6.80. The van der Waals surface area contributed by atoms with Crippen LogP contribution in [0.15, 0.2) is 53.5 Å². The van der Waals surface area contributed by atoms with Crippen molar-refractivity contribution in [2.75, 3.05) is 5.32 Å². The van der Waals surface area contributed by atoms with Crippen molar-refractivity contribution in [2.45, 2.75) is 18.5 Å². The Morgan fingerprint density at radius 2 is 1.33 bits per heavy atom. The van der Waals surface area contributed by atoms with E-state index in [0.717, 1.165) is 17.2 Å². The van der Waals surface area contributed by atoms with Gasteiger partial charge in [0.05, 0.1) is 5.69 Å². The van der Waals surface area contributed by atoms with E-state index in [1.807, 2.05) is 55.5 Å². The Bertz CT molecular complexity index is 566. The van der Waals surface area contributed by atoms with E-state index >= 15 is 0 Å². The minimum absolute atomic E-state index is 0.417. The van der Waals surface area contributed by atoms with Crippen molar-refractivity contribution in [3.63, 3.8) is 0 Å². The molecule has 0 spiro atoms. The van der Waals surface area contributed by atoms with Gasteiger partial charge >= 0.3 is 0 Å². The van der Waals surface area contributed by atoms with E-state index in [2.05, 4.69) is 21.9 Å². The Kier molecular flexibility index (Phi) is 8.49. The summed E-state index contributed by atoms with van der Waals surface area (Å²) in [4.78, 5) is 4.43. The largest absolute Gasteiger partial charge is 0.344 e. The van der Waals surface area contributed by atoms with E-state index in [1.54, 1.807) is 0 Å². The average molecular weight is 337 g/mol. The molecule has 0 aliphatic carbocycles. The third kappa shape index (κ3) is 7.55. The van der Waals surface area contributed by atoms with Crippen LogP contribution in [0.4, 0.5) is 11.4 Å². The number of nitrogens with one attached hydrogen (secondary N) is 1. The molecule has 0 amide bonds. The van der Waals surface area contributed by atoms with E-state index < -0.39 is 0 Å². The molecule has 2 nitrogen and oxygen atoms in total. The first kappa shape index (κ1) is 18.1. The molecule has 0 radical (unpaired) electrons. The first-order chi connectivity index (χ1) is 10.0. The number of halogens is 2. The van der Waals surface area contributed by atoms with Gasteiger partial charge in [-0.25, -0.2) is 4.99 Å². The maximum absolute atomic E-state index is 5.82. The molecule has 110 valence electrons. The van der Waals surface area contributed by atoms with Gasteiger partial charge in [-0.2, -0.15) is 0 Å². The molecule has 2 aromatic carbocycles. The van der Waals surface area contributed by atoms with Crippen LogP contribution in [0.5, 0.6) is 0 Å². The maximum Gasteiger partial charge on any atom is 0.229 e.